The maximum Gasteiger partial charge on any atom is 0.405 e. The average Bonchev–Trinajstić information content (AvgIpc) is 2.36. The van der Waals surface area contributed by atoms with Crippen molar-refractivity contribution in [3.8, 4) is 0 Å². The molecule has 1 N–H and O–H groups in total. The molecule has 19 heavy (non-hydrogen) atoms. The molecule has 1 aromatic heterocycles. The summed E-state index contributed by atoms with van der Waals surface area (Å²) in [5, 5.41) is 8.79. The quantitative estimate of drug-likeness (QED) is 0.808. The minimum Gasteiger partial charge on any atom is -0.395 e. The molecule has 0 saturated heterocycles. The van der Waals surface area contributed by atoms with Crippen LogP contribution in [-0.4, -0.2) is 41.7 Å². The van der Waals surface area contributed by atoms with E-state index in [4.69, 9.17) is 5.11 Å². The van der Waals surface area contributed by atoms with Gasteiger partial charge in [0.25, 0.3) is 0 Å². The van der Waals surface area contributed by atoms with E-state index in [0.717, 1.165) is 4.90 Å². The van der Waals surface area contributed by atoms with Gasteiger partial charge in [-0.05, 0) is 12.1 Å². The number of anilines is 1. The third kappa shape index (κ3) is 4.86. The lowest BCUT2D eigenvalue weighted by Gasteiger charge is -2.24. The van der Waals surface area contributed by atoms with Crippen LogP contribution in [0.4, 0.5) is 18.9 Å². The molecule has 4 nitrogen and oxygen atoms in total. The van der Waals surface area contributed by atoms with Gasteiger partial charge in [0.2, 0.25) is 0 Å². The third-order valence-electron chi connectivity index (χ3n) is 2.46. The van der Waals surface area contributed by atoms with Gasteiger partial charge in [-0.2, -0.15) is 13.2 Å². The van der Waals surface area contributed by atoms with Crippen molar-refractivity contribution < 1.29 is 23.1 Å². The van der Waals surface area contributed by atoms with E-state index in [-0.39, 0.29) is 30.1 Å². The van der Waals surface area contributed by atoms with Crippen LogP contribution in [0.25, 0.3) is 0 Å². The van der Waals surface area contributed by atoms with Crippen LogP contribution < -0.4 is 4.90 Å². The molecule has 0 bridgehead atoms. The number of alkyl halides is 3. The zero-order valence-electron chi connectivity index (χ0n) is 10.4. The molecular formula is C12H15F3N2O2. The number of hydrogen-bond acceptors (Lipinski definition) is 4. The van der Waals surface area contributed by atoms with Gasteiger partial charge in [0.15, 0.2) is 5.78 Å². The summed E-state index contributed by atoms with van der Waals surface area (Å²) >= 11 is 0. The molecule has 0 aliphatic carbocycles. The predicted octanol–water partition coefficient (Wildman–Crippen LogP) is 2.04. The van der Waals surface area contributed by atoms with Crippen LogP contribution in [0.15, 0.2) is 18.3 Å². The van der Waals surface area contributed by atoms with Gasteiger partial charge in [0.05, 0.1) is 18.5 Å². The van der Waals surface area contributed by atoms with Gasteiger partial charge in [-0.15, -0.1) is 0 Å². The van der Waals surface area contributed by atoms with Crippen LogP contribution in [0.5, 0.6) is 0 Å². The predicted molar refractivity (Wildman–Crippen MR) is 64.2 cm³/mol. The van der Waals surface area contributed by atoms with Crippen LogP contribution in [0.1, 0.15) is 23.8 Å². The van der Waals surface area contributed by atoms with Crippen molar-refractivity contribution >= 4 is 11.5 Å². The van der Waals surface area contributed by atoms with Gasteiger partial charge in [-0.25, -0.2) is 0 Å². The molecule has 1 aromatic rings. The van der Waals surface area contributed by atoms with Crippen LogP contribution in [0.3, 0.4) is 0 Å². The van der Waals surface area contributed by atoms with Crippen LogP contribution in [0.2, 0.25) is 0 Å². The molecule has 0 radical (unpaired) electrons. The van der Waals surface area contributed by atoms with E-state index < -0.39 is 19.3 Å². The molecule has 0 fully saturated rings. The summed E-state index contributed by atoms with van der Waals surface area (Å²) in [6.07, 6.45) is -2.87. The molecule has 7 heteroatoms. The summed E-state index contributed by atoms with van der Waals surface area (Å²) in [6, 6.07) is 2.79. The summed E-state index contributed by atoms with van der Waals surface area (Å²) in [5.74, 6) is -0.170. The smallest absolute Gasteiger partial charge is 0.395 e. The Balaban J connectivity index is 2.88. The van der Waals surface area contributed by atoms with Crippen molar-refractivity contribution in [1.29, 1.82) is 0 Å². The van der Waals surface area contributed by atoms with Crippen molar-refractivity contribution in [2.45, 2.75) is 19.5 Å². The van der Waals surface area contributed by atoms with Gasteiger partial charge >= 0.3 is 6.18 Å². The van der Waals surface area contributed by atoms with Gasteiger partial charge < -0.3 is 10.0 Å². The summed E-state index contributed by atoms with van der Waals surface area (Å²) in [6.45, 7) is -0.0378. The second-order valence-electron chi connectivity index (χ2n) is 3.94. The number of hydrogen-bond donors (Lipinski definition) is 1. The normalized spacial score (nSPS) is 11.4. The fourth-order valence-corrected chi connectivity index (χ4v) is 1.56. The second kappa shape index (κ2) is 6.51. The first kappa shape index (κ1) is 15.4. The first-order chi connectivity index (χ1) is 8.87. The molecule has 106 valence electrons. The third-order valence-corrected chi connectivity index (χ3v) is 2.46. The highest BCUT2D eigenvalue weighted by Crippen LogP contribution is 2.21. The first-order valence-corrected chi connectivity index (χ1v) is 5.79. The van der Waals surface area contributed by atoms with Crippen LogP contribution in [0, 0.1) is 0 Å². The monoisotopic (exact) mass is 276 g/mol. The van der Waals surface area contributed by atoms with Crippen LogP contribution >= 0.6 is 0 Å². The van der Waals surface area contributed by atoms with Gasteiger partial charge in [-0.1, -0.05) is 6.92 Å². The summed E-state index contributed by atoms with van der Waals surface area (Å²) < 4.78 is 37.1. The van der Waals surface area contributed by atoms with E-state index >= 15 is 0 Å². The zero-order valence-corrected chi connectivity index (χ0v) is 10.4. The number of aliphatic hydroxyl groups is 1. The number of carbonyl (C=O) groups is 1. The Morgan fingerprint density at radius 3 is 2.53 bits per heavy atom. The highest BCUT2D eigenvalue weighted by atomic mass is 19.4. The van der Waals surface area contributed by atoms with Crippen molar-refractivity contribution in [2.24, 2.45) is 0 Å². The number of rotatable bonds is 6. The number of aliphatic hydroxyl groups excluding tert-OH is 1. The van der Waals surface area contributed by atoms with E-state index in [9.17, 15) is 18.0 Å². The summed E-state index contributed by atoms with van der Waals surface area (Å²) in [7, 11) is 0. The number of Topliss-reactive ketones (excluding diaryl/α,β-unsaturated/α-hetero) is 1. The van der Waals surface area contributed by atoms with Crippen molar-refractivity contribution in [2.75, 3.05) is 24.6 Å². The Hall–Kier alpha value is -1.63. The average molecular weight is 276 g/mol. The number of aromatic nitrogens is 1. The largest absolute Gasteiger partial charge is 0.405 e. The fourth-order valence-electron chi connectivity index (χ4n) is 1.56. The molecule has 1 rings (SSSR count). The Bertz CT molecular complexity index is 418. The summed E-state index contributed by atoms with van der Waals surface area (Å²) in [4.78, 5) is 16.2. The maximum atomic E-state index is 12.4. The number of halogens is 3. The number of pyridine rings is 1. The lowest BCUT2D eigenvalue weighted by Crippen LogP contribution is -2.36. The minimum absolute atomic E-state index is 0.151. The molecule has 1 heterocycles. The Kier molecular flexibility index (Phi) is 5.29. The highest BCUT2D eigenvalue weighted by Gasteiger charge is 2.30. The Labute approximate surface area is 108 Å². The Morgan fingerprint density at radius 2 is 2.11 bits per heavy atom. The molecule has 0 unspecified atom stereocenters. The van der Waals surface area contributed by atoms with E-state index in [2.05, 4.69) is 4.98 Å². The zero-order chi connectivity index (χ0) is 14.5. The number of carbonyl (C=O) groups excluding carboxylic acids is 1. The lowest BCUT2D eigenvalue weighted by molar-refractivity contribution is -0.119. The Morgan fingerprint density at radius 1 is 1.42 bits per heavy atom. The van der Waals surface area contributed by atoms with Gasteiger partial charge in [0, 0.05) is 13.0 Å². The highest BCUT2D eigenvalue weighted by molar-refractivity contribution is 5.94. The van der Waals surface area contributed by atoms with Gasteiger partial charge in [0.1, 0.15) is 12.2 Å². The molecule has 0 atom stereocenters. The van der Waals surface area contributed by atoms with E-state index in [1.165, 1.54) is 18.3 Å². The van der Waals surface area contributed by atoms with E-state index in [0.29, 0.717) is 0 Å². The number of nitrogens with zero attached hydrogens (tertiary/aromatic N) is 2. The molecule has 0 aliphatic rings. The summed E-state index contributed by atoms with van der Waals surface area (Å²) in [5.41, 5.74) is 0.446. The number of ketones is 1. The maximum absolute atomic E-state index is 12.4. The van der Waals surface area contributed by atoms with Crippen molar-refractivity contribution in [3.05, 3.63) is 24.0 Å². The SMILES string of the molecule is CCC(=O)c1ccc(N(CCO)CC(F)(F)F)cn1. The topological polar surface area (TPSA) is 53.4 Å². The molecular weight excluding hydrogens is 261 g/mol. The fraction of sp³-hybridized carbons (Fsp3) is 0.500. The minimum atomic E-state index is -4.37. The van der Waals surface area contributed by atoms with Crippen molar-refractivity contribution in [3.63, 3.8) is 0 Å². The van der Waals surface area contributed by atoms with E-state index in [1.807, 2.05) is 0 Å². The van der Waals surface area contributed by atoms with E-state index in [1.54, 1.807) is 6.92 Å². The molecule has 0 spiro atoms. The van der Waals surface area contributed by atoms with Crippen molar-refractivity contribution in [1.82, 2.24) is 4.98 Å². The lowest BCUT2D eigenvalue weighted by atomic mass is 10.2. The molecule has 0 aliphatic heterocycles. The first-order valence-electron chi connectivity index (χ1n) is 5.79. The van der Waals surface area contributed by atoms with Crippen LogP contribution in [-0.2, 0) is 0 Å². The second-order valence-corrected chi connectivity index (χ2v) is 3.94. The molecule has 0 saturated carbocycles. The molecule has 0 aromatic carbocycles. The van der Waals surface area contributed by atoms with Gasteiger partial charge in [-0.3, -0.25) is 9.78 Å². The standard InChI is InChI=1S/C12H15F3N2O2/c1-2-11(19)10-4-3-9(7-16-10)17(5-6-18)8-12(13,14)15/h3-4,7,18H,2,5-6,8H2,1H3. The molecule has 0 amide bonds.